The standard InChI is InChI=1S/C31H39N3O6S/c1-5-7-20-32-31(36)27(6-2)33(22-24-14-10-8-11-15-24)30(35)23-34(25-16-12-9-13-17-25)41(37,38)26-18-19-28(39-3)29(21-26)40-4/h8-19,21,27H,5-7,20,22-23H2,1-4H3,(H,32,36)/t27-/m1/s1. The maximum atomic E-state index is 14.1. The summed E-state index contributed by atoms with van der Waals surface area (Å²) in [6.07, 6.45) is 2.11. The number of amides is 2. The highest BCUT2D eigenvalue weighted by Crippen LogP contribution is 2.32. The number of nitrogens with zero attached hydrogens (tertiary/aromatic N) is 2. The van der Waals surface area contributed by atoms with Gasteiger partial charge in [-0.1, -0.05) is 68.8 Å². The normalized spacial score (nSPS) is 11.8. The summed E-state index contributed by atoms with van der Waals surface area (Å²) in [7, 11) is -1.35. The van der Waals surface area contributed by atoms with Gasteiger partial charge in [0.15, 0.2) is 11.5 Å². The number of rotatable bonds is 15. The summed E-state index contributed by atoms with van der Waals surface area (Å²) in [5.74, 6) is -0.144. The Morgan fingerprint density at radius 2 is 1.51 bits per heavy atom. The molecule has 0 aliphatic heterocycles. The van der Waals surface area contributed by atoms with Crippen molar-refractivity contribution in [1.82, 2.24) is 10.2 Å². The second-order valence-corrected chi connectivity index (χ2v) is 11.3. The molecule has 1 atom stereocenters. The van der Waals surface area contributed by atoms with Crippen LogP contribution in [0.25, 0.3) is 0 Å². The van der Waals surface area contributed by atoms with Gasteiger partial charge in [-0.05, 0) is 42.7 Å². The van der Waals surface area contributed by atoms with E-state index in [0.717, 1.165) is 22.7 Å². The average molecular weight is 582 g/mol. The monoisotopic (exact) mass is 581 g/mol. The van der Waals surface area contributed by atoms with Crippen LogP contribution < -0.4 is 19.1 Å². The number of benzene rings is 3. The van der Waals surface area contributed by atoms with E-state index in [-0.39, 0.29) is 23.1 Å². The van der Waals surface area contributed by atoms with Crippen molar-refractivity contribution in [2.45, 2.75) is 50.6 Å². The highest BCUT2D eigenvalue weighted by molar-refractivity contribution is 7.92. The van der Waals surface area contributed by atoms with Gasteiger partial charge in [0.2, 0.25) is 11.8 Å². The first-order chi connectivity index (χ1) is 19.8. The first kappa shape index (κ1) is 31.5. The molecule has 0 aromatic heterocycles. The van der Waals surface area contributed by atoms with E-state index in [9.17, 15) is 18.0 Å². The Morgan fingerprint density at radius 1 is 0.878 bits per heavy atom. The minimum atomic E-state index is -4.23. The molecule has 0 saturated heterocycles. The van der Waals surface area contributed by atoms with E-state index in [2.05, 4.69) is 5.32 Å². The number of carbonyl (C=O) groups is 2. The maximum Gasteiger partial charge on any atom is 0.264 e. The third-order valence-electron chi connectivity index (χ3n) is 6.68. The fourth-order valence-electron chi connectivity index (χ4n) is 4.43. The van der Waals surface area contributed by atoms with Crippen molar-refractivity contribution in [3.8, 4) is 11.5 Å². The number of hydrogen-bond donors (Lipinski definition) is 1. The fourth-order valence-corrected chi connectivity index (χ4v) is 5.86. The molecular formula is C31H39N3O6S. The van der Waals surface area contributed by atoms with Crippen LogP contribution in [0.3, 0.4) is 0 Å². The summed E-state index contributed by atoms with van der Waals surface area (Å²) < 4.78 is 39.7. The molecule has 9 nitrogen and oxygen atoms in total. The summed E-state index contributed by atoms with van der Waals surface area (Å²) in [5.41, 5.74) is 1.14. The van der Waals surface area contributed by atoms with Crippen molar-refractivity contribution < 1.29 is 27.5 Å². The van der Waals surface area contributed by atoms with Crippen LogP contribution in [-0.4, -0.2) is 58.5 Å². The molecule has 0 aliphatic carbocycles. The van der Waals surface area contributed by atoms with Gasteiger partial charge < -0.3 is 19.7 Å². The van der Waals surface area contributed by atoms with Gasteiger partial charge in [0, 0.05) is 19.2 Å². The molecule has 220 valence electrons. The van der Waals surface area contributed by atoms with Crippen LogP contribution in [0, 0.1) is 0 Å². The second kappa shape index (κ2) is 15.1. The second-order valence-electron chi connectivity index (χ2n) is 9.44. The summed E-state index contributed by atoms with van der Waals surface area (Å²) in [6, 6.07) is 21.3. The van der Waals surface area contributed by atoms with Crippen LogP contribution in [0.4, 0.5) is 5.69 Å². The molecule has 3 aromatic carbocycles. The van der Waals surface area contributed by atoms with E-state index in [4.69, 9.17) is 9.47 Å². The Bertz CT molecular complexity index is 1380. The van der Waals surface area contributed by atoms with Crippen molar-refractivity contribution >= 4 is 27.5 Å². The van der Waals surface area contributed by atoms with Gasteiger partial charge in [0.05, 0.1) is 24.8 Å². The molecule has 2 amide bonds. The van der Waals surface area contributed by atoms with E-state index in [0.29, 0.717) is 24.4 Å². The molecule has 10 heteroatoms. The number of anilines is 1. The number of sulfonamides is 1. The molecule has 0 unspecified atom stereocenters. The molecule has 0 saturated carbocycles. The predicted molar refractivity (Wildman–Crippen MR) is 160 cm³/mol. The zero-order chi connectivity index (χ0) is 29.8. The quantitative estimate of drug-likeness (QED) is 0.263. The molecular weight excluding hydrogens is 542 g/mol. The first-order valence-corrected chi connectivity index (χ1v) is 15.1. The van der Waals surface area contributed by atoms with Crippen molar-refractivity contribution in [2.75, 3.05) is 31.6 Å². The number of methoxy groups -OCH3 is 2. The summed E-state index contributed by atoms with van der Waals surface area (Å²) in [6.45, 7) is 4.02. The van der Waals surface area contributed by atoms with Gasteiger partial charge in [-0.3, -0.25) is 13.9 Å². The van der Waals surface area contributed by atoms with Gasteiger partial charge in [0.1, 0.15) is 12.6 Å². The molecule has 0 heterocycles. The first-order valence-electron chi connectivity index (χ1n) is 13.7. The van der Waals surface area contributed by atoms with Crippen LogP contribution in [0.5, 0.6) is 11.5 Å². The molecule has 0 aliphatic rings. The lowest BCUT2D eigenvalue weighted by Gasteiger charge is -2.33. The van der Waals surface area contributed by atoms with E-state index >= 15 is 0 Å². The van der Waals surface area contributed by atoms with Crippen LogP contribution >= 0.6 is 0 Å². The number of unbranched alkanes of at least 4 members (excludes halogenated alkanes) is 1. The van der Waals surface area contributed by atoms with Crippen LogP contribution in [0.1, 0.15) is 38.7 Å². The van der Waals surface area contributed by atoms with E-state index in [1.54, 1.807) is 30.3 Å². The number of ether oxygens (including phenoxy) is 2. The number of carbonyl (C=O) groups excluding carboxylic acids is 2. The lowest BCUT2D eigenvalue weighted by atomic mass is 10.1. The summed E-state index contributed by atoms with van der Waals surface area (Å²) in [4.78, 5) is 28.7. The average Bonchev–Trinajstić information content (AvgIpc) is 3.00. The van der Waals surface area contributed by atoms with Crippen molar-refractivity contribution in [3.63, 3.8) is 0 Å². The Labute approximate surface area is 243 Å². The molecule has 0 fully saturated rings. The predicted octanol–water partition coefficient (Wildman–Crippen LogP) is 4.62. The fraction of sp³-hybridized carbons (Fsp3) is 0.355. The Morgan fingerprint density at radius 3 is 2.10 bits per heavy atom. The van der Waals surface area contributed by atoms with Crippen LogP contribution in [-0.2, 0) is 26.2 Å². The minimum absolute atomic E-state index is 0.0641. The largest absolute Gasteiger partial charge is 0.493 e. The zero-order valence-electron chi connectivity index (χ0n) is 24.1. The van der Waals surface area contributed by atoms with Crippen LogP contribution in [0.15, 0.2) is 83.8 Å². The van der Waals surface area contributed by atoms with E-state index < -0.39 is 28.5 Å². The number of hydrogen-bond acceptors (Lipinski definition) is 6. The molecule has 3 rings (SSSR count). The lowest BCUT2D eigenvalue weighted by Crippen LogP contribution is -2.52. The highest BCUT2D eigenvalue weighted by atomic mass is 32.2. The molecule has 1 N–H and O–H groups in total. The van der Waals surface area contributed by atoms with Gasteiger partial charge in [-0.2, -0.15) is 0 Å². The Balaban J connectivity index is 2.03. The lowest BCUT2D eigenvalue weighted by molar-refractivity contribution is -0.140. The van der Waals surface area contributed by atoms with E-state index in [1.807, 2.05) is 44.2 Å². The zero-order valence-corrected chi connectivity index (χ0v) is 24.9. The summed E-state index contributed by atoms with van der Waals surface area (Å²) >= 11 is 0. The molecule has 0 bridgehead atoms. The van der Waals surface area contributed by atoms with Crippen molar-refractivity contribution in [1.29, 1.82) is 0 Å². The maximum absolute atomic E-state index is 14.1. The number of para-hydroxylation sites is 1. The van der Waals surface area contributed by atoms with Crippen LogP contribution in [0.2, 0.25) is 0 Å². The Hall–Kier alpha value is -4.05. The topological polar surface area (TPSA) is 105 Å². The minimum Gasteiger partial charge on any atom is -0.493 e. The van der Waals surface area contributed by atoms with Gasteiger partial charge in [-0.15, -0.1) is 0 Å². The molecule has 41 heavy (non-hydrogen) atoms. The van der Waals surface area contributed by atoms with Crippen molar-refractivity contribution in [3.05, 3.63) is 84.4 Å². The highest BCUT2D eigenvalue weighted by Gasteiger charge is 2.34. The number of nitrogens with one attached hydrogen (secondary N) is 1. The third-order valence-corrected chi connectivity index (χ3v) is 8.45. The molecule has 0 spiro atoms. The van der Waals surface area contributed by atoms with Gasteiger partial charge in [0.25, 0.3) is 10.0 Å². The van der Waals surface area contributed by atoms with E-state index in [1.165, 1.54) is 37.3 Å². The molecule has 3 aromatic rings. The van der Waals surface area contributed by atoms with Gasteiger partial charge in [-0.25, -0.2) is 8.42 Å². The van der Waals surface area contributed by atoms with Gasteiger partial charge >= 0.3 is 0 Å². The third kappa shape index (κ3) is 8.00. The SMILES string of the molecule is CCCCNC(=O)[C@@H](CC)N(Cc1ccccc1)C(=O)CN(c1ccccc1)S(=O)(=O)c1ccc(OC)c(OC)c1. The Kier molecular flexibility index (Phi) is 11.6. The summed E-state index contributed by atoms with van der Waals surface area (Å²) in [5, 5.41) is 2.93. The molecule has 0 radical (unpaired) electrons. The smallest absolute Gasteiger partial charge is 0.264 e. The van der Waals surface area contributed by atoms with Crippen molar-refractivity contribution in [2.24, 2.45) is 0 Å².